The number of thiophene rings is 1. The van der Waals surface area contributed by atoms with Crippen molar-refractivity contribution in [1.29, 1.82) is 0 Å². The Morgan fingerprint density at radius 2 is 0.926 bits per heavy atom. The predicted molar refractivity (Wildman–Crippen MR) is 226 cm³/mol. The first-order valence-corrected chi connectivity index (χ1v) is 18.9. The lowest BCUT2D eigenvalue weighted by molar-refractivity contribution is 0.955. The minimum Gasteiger partial charge on any atom is -0.276 e. The molecule has 0 amide bonds. The van der Waals surface area contributed by atoms with E-state index in [0.29, 0.717) is 17.6 Å². The van der Waals surface area contributed by atoms with Crippen LogP contribution in [-0.2, 0) is 0 Å². The average molecular weight is 707 g/mol. The molecule has 0 spiro atoms. The topological polar surface area (TPSA) is 43.6 Å². The lowest BCUT2D eigenvalue weighted by atomic mass is 9.99. The van der Waals surface area contributed by atoms with Crippen LogP contribution in [0.1, 0.15) is 0 Å². The second kappa shape index (κ2) is 12.3. The van der Waals surface area contributed by atoms with E-state index in [-0.39, 0.29) is 0 Å². The fourth-order valence-corrected chi connectivity index (χ4v) is 9.02. The maximum Gasteiger partial charge on any atom is 0.238 e. The van der Waals surface area contributed by atoms with Gasteiger partial charge in [0.2, 0.25) is 5.95 Å². The molecule has 54 heavy (non-hydrogen) atoms. The minimum atomic E-state index is 0.594. The molecule has 0 N–H and O–H groups in total. The van der Waals surface area contributed by atoms with Gasteiger partial charge in [0, 0.05) is 37.4 Å². The summed E-state index contributed by atoms with van der Waals surface area (Å²) >= 11 is 1.83. The molecule has 0 aliphatic carbocycles. The molecule has 0 unspecified atom stereocenters. The Kier molecular flexibility index (Phi) is 7.00. The highest BCUT2D eigenvalue weighted by atomic mass is 32.1. The monoisotopic (exact) mass is 706 g/mol. The molecule has 4 nitrogen and oxygen atoms in total. The molecule has 0 saturated carbocycles. The second-order valence-electron chi connectivity index (χ2n) is 13.7. The van der Waals surface area contributed by atoms with E-state index in [4.69, 9.17) is 15.0 Å². The summed E-state index contributed by atoms with van der Waals surface area (Å²) in [6, 6.07) is 64.5. The molecule has 252 valence electrons. The summed E-state index contributed by atoms with van der Waals surface area (Å²) in [7, 11) is 0. The molecule has 0 bridgehead atoms. The first-order valence-electron chi connectivity index (χ1n) is 18.1. The number of rotatable bonds is 5. The maximum atomic E-state index is 5.25. The van der Waals surface area contributed by atoms with Crippen molar-refractivity contribution in [2.45, 2.75) is 0 Å². The standard InChI is InChI=1S/C49H30N4S/c1-4-12-31(13-5-1)37-23-27-44-42(30-37)40-25-24-39-41-29-38(36-21-20-32-14-10-11-19-35(32)28-36)22-26-43(41)53(45(39)46(40)54-44)49-51-47(33-15-6-2-7-16-33)50-48(52-49)34-17-8-3-9-18-34/h1-30H. The third-order valence-corrected chi connectivity index (χ3v) is 11.6. The van der Waals surface area contributed by atoms with Crippen molar-refractivity contribution in [2.75, 3.05) is 0 Å². The number of benzene rings is 8. The van der Waals surface area contributed by atoms with Gasteiger partial charge in [-0.05, 0) is 63.4 Å². The third-order valence-electron chi connectivity index (χ3n) is 10.4. The summed E-state index contributed by atoms with van der Waals surface area (Å²) in [6.07, 6.45) is 0. The molecule has 0 saturated heterocycles. The zero-order valence-electron chi connectivity index (χ0n) is 29.0. The molecule has 11 aromatic rings. The van der Waals surface area contributed by atoms with Crippen LogP contribution in [0.25, 0.3) is 104 Å². The smallest absolute Gasteiger partial charge is 0.238 e. The summed E-state index contributed by atoms with van der Waals surface area (Å²) in [5, 5.41) is 7.25. The van der Waals surface area contributed by atoms with Crippen LogP contribution in [-0.4, -0.2) is 19.5 Å². The van der Waals surface area contributed by atoms with Crippen LogP contribution in [0, 0.1) is 0 Å². The Labute approximate surface area is 315 Å². The summed E-state index contributed by atoms with van der Waals surface area (Å²) in [4.78, 5) is 15.5. The van der Waals surface area contributed by atoms with Gasteiger partial charge < -0.3 is 0 Å². The number of aromatic nitrogens is 4. The van der Waals surface area contributed by atoms with Crippen LogP contribution < -0.4 is 0 Å². The Morgan fingerprint density at radius 3 is 1.65 bits per heavy atom. The van der Waals surface area contributed by atoms with Crippen LogP contribution in [0.15, 0.2) is 182 Å². The van der Waals surface area contributed by atoms with Gasteiger partial charge in [0.05, 0.1) is 15.7 Å². The van der Waals surface area contributed by atoms with Gasteiger partial charge in [-0.15, -0.1) is 11.3 Å². The molecule has 11 rings (SSSR count). The van der Waals surface area contributed by atoms with Gasteiger partial charge in [-0.3, -0.25) is 4.57 Å². The first kappa shape index (κ1) is 30.7. The van der Waals surface area contributed by atoms with Gasteiger partial charge in [-0.25, -0.2) is 4.98 Å². The minimum absolute atomic E-state index is 0.594. The summed E-state index contributed by atoms with van der Waals surface area (Å²) in [6.45, 7) is 0. The van der Waals surface area contributed by atoms with Crippen molar-refractivity contribution in [1.82, 2.24) is 19.5 Å². The molecular formula is C49H30N4S. The van der Waals surface area contributed by atoms with Crippen LogP contribution in [0.5, 0.6) is 0 Å². The van der Waals surface area contributed by atoms with Gasteiger partial charge in [-0.1, -0.05) is 152 Å². The average Bonchev–Trinajstić information content (AvgIpc) is 3.79. The molecule has 0 fully saturated rings. The molecule has 3 aromatic heterocycles. The van der Waals surface area contributed by atoms with E-state index in [0.717, 1.165) is 32.9 Å². The quantitative estimate of drug-likeness (QED) is 0.179. The number of hydrogen-bond donors (Lipinski definition) is 0. The normalized spacial score (nSPS) is 11.7. The fraction of sp³-hybridized carbons (Fsp3) is 0. The van der Waals surface area contributed by atoms with E-state index in [1.165, 1.54) is 53.2 Å². The Morgan fingerprint density at radius 1 is 0.370 bits per heavy atom. The second-order valence-corrected chi connectivity index (χ2v) is 14.7. The molecule has 0 radical (unpaired) electrons. The molecule has 3 heterocycles. The lowest BCUT2D eigenvalue weighted by Crippen LogP contribution is -2.06. The Bertz CT molecular complexity index is 3140. The van der Waals surface area contributed by atoms with E-state index in [2.05, 4.69) is 150 Å². The maximum absolute atomic E-state index is 5.25. The van der Waals surface area contributed by atoms with Crippen LogP contribution >= 0.6 is 11.3 Å². The molecule has 0 aliphatic rings. The van der Waals surface area contributed by atoms with Gasteiger partial charge in [0.25, 0.3) is 0 Å². The molecule has 8 aromatic carbocycles. The third kappa shape index (κ3) is 5.01. The molecule has 5 heteroatoms. The number of fused-ring (bicyclic) bond motifs is 8. The summed E-state index contributed by atoms with van der Waals surface area (Å²) < 4.78 is 4.72. The molecule has 0 atom stereocenters. The lowest BCUT2D eigenvalue weighted by Gasteiger charge is -2.11. The van der Waals surface area contributed by atoms with Gasteiger partial charge >= 0.3 is 0 Å². The van der Waals surface area contributed by atoms with Gasteiger partial charge in [-0.2, -0.15) is 9.97 Å². The zero-order valence-corrected chi connectivity index (χ0v) is 29.8. The SMILES string of the molecule is c1ccc(-c2ccc3sc4c(ccc5c6cc(-c7ccc8ccccc8c7)ccc6n(-c6nc(-c7ccccc7)nc(-c7ccccc7)n6)c54)c3c2)cc1. The van der Waals surface area contributed by atoms with Crippen molar-refractivity contribution in [2.24, 2.45) is 0 Å². The van der Waals surface area contributed by atoms with Crippen molar-refractivity contribution < 1.29 is 0 Å². The van der Waals surface area contributed by atoms with E-state index >= 15 is 0 Å². The van der Waals surface area contributed by atoms with E-state index < -0.39 is 0 Å². The molecular weight excluding hydrogens is 677 g/mol. The van der Waals surface area contributed by atoms with Crippen molar-refractivity contribution >= 4 is 64.1 Å². The highest BCUT2D eigenvalue weighted by Gasteiger charge is 2.22. The Hall–Kier alpha value is -6.95. The van der Waals surface area contributed by atoms with Crippen LogP contribution in [0.2, 0.25) is 0 Å². The predicted octanol–water partition coefficient (Wildman–Crippen LogP) is 13.2. The first-order chi connectivity index (χ1) is 26.7. The number of nitrogens with zero attached hydrogens (tertiary/aromatic N) is 4. The van der Waals surface area contributed by atoms with E-state index in [1.54, 1.807) is 0 Å². The highest BCUT2D eigenvalue weighted by molar-refractivity contribution is 7.26. The highest BCUT2D eigenvalue weighted by Crippen LogP contribution is 2.44. The molecule has 0 aliphatic heterocycles. The van der Waals surface area contributed by atoms with Gasteiger partial charge in [0.1, 0.15) is 0 Å². The van der Waals surface area contributed by atoms with Crippen LogP contribution in [0.4, 0.5) is 0 Å². The fourth-order valence-electron chi connectivity index (χ4n) is 7.80. The number of hydrogen-bond acceptors (Lipinski definition) is 4. The largest absolute Gasteiger partial charge is 0.276 e. The zero-order chi connectivity index (χ0) is 35.6. The Balaban J connectivity index is 1.22. The van der Waals surface area contributed by atoms with Crippen LogP contribution in [0.3, 0.4) is 0 Å². The van der Waals surface area contributed by atoms with E-state index in [1.807, 2.05) is 47.7 Å². The van der Waals surface area contributed by atoms with Crippen molar-refractivity contribution in [3.05, 3.63) is 182 Å². The van der Waals surface area contributed by atoms with Crippen molar-refractivity contribution in [3.63, 3.8) is 0 Å². The van der Waals surface area contributed by atoms with Crippen molar-refractivity contribution in [3.8, 4) is 51.0 Å². The summed E-state index contributed by atoms with van der Waals surface area (Å²) in [5.41, 5.74) is 8.81. The summed E-state index contributed by atoms with van der Waals surface area (Å²) in [5.74, 6) is 1.87. The van der Waals surface area contributed by atoms with E-state index in [9.17, 15) is 0 Å². The van der Waals surface area contributed by atoms with Gasteiger partial charge in [0.15, 0.2) is 11.6 Å².